The van der Waals surface area contributed by atoms with Gasteiger partial charge in [-0.05, 0) is 30.5 Å². The van der Waals surface area contributed by atoms with Crippen LogP contribution >= 0.6 is 0 Å². The Labute approximate surface area is 113 Å². The van der Waals surface area contributed by atoms with E-state index in [9.17, 15) is 0 Å². The van der Waals surface area contributed by atoms with Gasteiger partial charge in [0, 0.05) is 6.54 Å². The molecule has 0 amide bonds. The van der Waals surface area contributed by atoms with E-state index in [1.807, 2.05) is 16.8 Å². The number of aromatic nitrogens is 3. The Morgan fingerprint density at radius 2 is 1.95 bits per heavy atom. The van der Waals surface area contributed by atoms with Crippen molar-refractivity contribution in [3.63, 3.8) is 0 Å². The maximum Gasteiger partial charge on any atom is 0.169 e. The minimum atomic E-state index is 0.552. The summed E-state index contributed by atoms with van der Waals surface area (Å²) >= 11 is 0. The second kappa shape index (κ2) is 6.22. The Balaban J connectivity index is 2.01. The molecule has 0 aliphatic carbocycles. The molecule has 2 rings (SSSR count). The maximum atomic E-state index is 5.82. The number of benzene rings is 1. The summed E-state index contributed by atoms with van der Waals surface area (Å²) in [5.74, 6) is 1.43. The van der Waals surface area contributed by atoms with E-state index in [4.69, 9.17) is 10.5 Å². The lowest BCUT2D eigenvalue weighted by Gasteiger charge is -2.07. The summed E-state index contributed by atoms with van der Waals surface area (Å²) < 4.78 is 7.05. The normalized spacial score (nSPS) is 10.6. The molecule has 2 aromatic rings. The largest absolute Gasteiger partial charge is 0.497 e. The van der Waals surface area contributed by atoms with Crippen LogP contribution < -0.4 is 10.5 Å². The Morgan fingerprint density at radius 1 is 1.21 bits per heavy atom. The average molecular weight is 260 g/mol. The first kappa shape index (κ1) is 13.4. The van der Waals surface area contributed by atoms with Crippen molar-refractivity contribution in [2.75, 3.05) is 12.8 Å². The summed E-state index contributed by atoms with van der Waals surface area (Å²) in [4.78, 5) is 0. The van der Waals surface area contributed by atoms with Gasteiger partial charge in [-0.3, -0.25) is 0 Å². The molecule has 0 radical (unpaired) electrons. The third-order valence-electron chi connectivity index (χ3n) is 3.13. The molecule has 2 N–H and O–H groups in total. The minimum absolute atomic E-state index is 0.552. The highest BCUT2D eigenvalue weighted by Crippen LogP contribution is 2.14. The highest BCUT2D eigenvalue weighted by Gasteiger charge is 2.08. The van der Waals surface area contributed by atoms with Gasteiger partial charge in [-0.15, -0.1) is 5.10 Å². The molecule has 1 aromatic carbocycles. The van der Waals surface area contributed by atoms with Crippen LogP contribution in [0.1, 0.15) is 24.6 Å². The fraction of sp³-hybridized carbons (Fsp3) is 0.429. The molecule has 0 saturated heterocycles. The van der Waals surface area contributed by atoms with Crippen molar-refractivity contribution in [3.05, 3.63) is 35.5 Å². The summed E-state index contributed by atoms with van der Waals surface area (Å²) in [6.07, 6.45) is 2.87. The Bertz CT molecular complexity index is 519. The number of aryl methyl sites for hydroxylation is 2. The second-order valence-electron chi connectivity index (χ2n) is 4.49. The van der Waals surface area contributed by atoms with E-state index in [0.717, 1.165) is 37.3 Å². The molecule has 5 nitrogen and oxygen atoms in total. The van der Waals surface area contributed by atoms with Crippen LogP contribution in [-0.4, -0.2) is 22.1 Å². The molecular formula is C14H20N4O. The molecule has 1 aromatic heterocycles. The smallest absolute Gasteiger partial charge is 0.169 e. The molecule has 0 bridgehead atoms. The first-order valence-corrected chi connectivity index (χ1v) is 6.55. The zero-order chi connectivity index (χ0) is 13.7. The zero-order valence-electron chi connectivity index (χ0n) is 11.5. The fourth-order valence-corrected chi connectivity index (χ4v) is 2.05. The van der Waals surface area contributed by atoms with Crippen molar-refractivity contribution < 1.29 is 4.74 Å². The van der Waals surface area contributed by atoms with Gasteiger partial charge in [0.05, 0.1) is 12.8 Å². The van der Waals surface area contributed by atoms with E-state index >= 15 is 0 Å². The van der Waals surface area contributed by atoms with E-state index in [2.05, 4.69) is 29.4 Å². The van der Waals surface area contributed by atoms with Gasteiger partial charge in [0.2, 0.25) is 0 Å². The molecule has 19 heavy (non-hydrogen) atoms. The number of ether oxygens (including phenoxy) is 1. The standard InChI is InChI=1S/C14H20N4O/c1-3-4-13-14(15)16-17-18(13)10-9-11-5-7-12(19-2)8-6-11/h5-8H,3-4,9-10,15H2,1-2H3. The molecule has 0 spiro atoms. The van der Waals surface area contributed by atoms with Gasteiger partial charge in [0.25, 0.3) is 0 Å². The van der Waals surface area contributed by atoms with E-state index in [0.29, 0.717) is 5.82 Å². The van der Waals surface area contributed by atoms with E-state index in [1.165, 1.54) is 5.56 Å². The Hall–Kier alpha value is -2.04. The molecule has 1 heterocycles. The first-order valence-electron chi connectivity index (χ1n) is 6.55. The van der Waals surface area contributed by atoms with Crippen molar-refractivity contribution in [1.82, 2.24) is 15.0 Å². The van der Waals surface area contributed by atoms with Crippen LogP contribution in [-0.2, 0) is 19.4 Å². The number of nitrogen functional groups attached to an aromatic ring is 1. The van der Waals surface area contributed by atoms with E-state index in [-0.39, 0.29) is 0 Å². The summed E-state index contributed by atoms with van der Waals surface area (Å²) in [6.45, 7) is 2.92. The summed E-state index contributed by atoms with van der Waals surface area (Å²) in [5, 5.41) is 8.05. The number of hydrogen-bond donors (Lipinski definition) is 1. The number of anilines is 1. The molecule has 0 fully saturated rings. The van der Waals surface area contributed by atoms with Gasteiger partial charge in [0.15, 0.2) is 5.82 Å². The first-order chi connectivity index (χ1) is 9.24. The van der Waals surface area contributed by atoms with Gasteiger partial charge >= 0.3 is 0 Å². The van der Waals surface area contributed by atoms with Crippen LogP contribution in [0.2, 0.25) is 0 Å². The van der Waals surface area contributed by atoms with Crippen LogP contribution in [0.5, 0.6) is 5.75 Å². The Kier molecular flexibility index (Phi) is 4.39. The number of nitrogens with two attached hydrogens (primary N) is 1. The zero-order valence-corrected chi connectivity index (χ0v) is 11.5. The van der Waals surface area contributed by atoms with Crippen molar-refractivity contribution >= 4 is 5.82 Å². The van der Waals surface area contributed by atoms with Crippen LogP contribution in [0.25, 0.3) is 0 Å². The molecule has 0 aliphatic rings. The van der Waals surface area contributed by atoms with E-state index in [1.54, 1.807) is 7.11 Å². The molecule has 0 aliphatic heterocycles. The van der Waals surface area contributed by atoms with Crippen molar-refractivity contribution in [2.45, 2.75) is 32.7 Å². The van der Waals surface area contributed by atoms with Gasteiger partial charge in [-0.2, -0.15) is 0 Å². The highest BCUT2D eigenvalue weighted by molar-refractivity contribution is 5.33. The SMILES string of the molecule is CCCc1c(N)nnn1CCc1ccc(OC)cc1. The van der Waals surface area contributed by atoms with Crippen LogP contribution in [0.3, 0.4) is 0 Å². The second-order valence-corrected chi connectivity index (χ2v) is 4.49. The lowest BCUT2D eigenvalue weighted by molar-refractivity contribution is 0.414. The van der Waals surface area contributed by atoms with Gasteiger partial charge in [-0.1, -0.05) is 30.7 Å². The minimum Gasteiger partial charge on any atom is -0.497 e. The monoisotopic (exact) mass is 260 g/mol. The summed E-state index contributed by atoms with van der Waals surface area (Å²) in [5.41, 5.74) is 8.11. The molecule has 0 atom stereocenters. The summed E-state index contributed by atoms with van der Waals surface area (Å²) in [6, 6.07) is 8.08. The molecule has 0 unspecified atom stereocenters. The highest BCUT2D eigenvalue weighted by atomic mass is 16.5. The van der Waals surface area contributed by atoms with Crippen LogP contribution in [0.15, 0.2) is 24.3 Å². The quantitative estimate of drug-likeness (QED) is 0.863. The predicted molar refractivity (Wildman–Crippen MR) is 75.1 cm³/mol. The molecule has 102 valence electrons. The topological polar surface area (TPSA) is 66.0 Å². The Morgan fingerprint density at radius 3 is 2.58 bits per heavy atom. The van der Waals surface area contributed by atoms with Gasteiger partial charge < -0.3 is 10.5 Å². The fourth-order valence-electron chi connectivity index (χ4n) is 2.05. The third kappa shape index (κ3) is 3.24. The predicted octanol–water partition coefficient (Wildman–Crippen LogP) is 2.06. The average Bonchev–Trinajstić information content (AvgIpc) is 2.79. The number of nitrogens with zero attached hydrogens (tertiary/aromatic N) is 3. The number of methoxy groups -OCH3 is 1. The van der Waals surface area contributed by atoms with Gasteiger partial charge in [-0.25, -0.2) is 4.68 Å². The summed E-state index contributed by atoms with van der Waals surface area (Å²) in [7, 11) is 1.67. The van der Waals surface area contributed by atoms with Crippen molar-refractivity contribution in [3.8, 4) is 5.75 Å². The van der Waals surface area contributed by atoms with Crippen LogP contribution in [0, 0.1) is 0 Å². The van der Waals surface area contributed by atoms with Crippen molar-refractivity contribution in [1.29, 1.82) is 0 Å². The lowest BCUT2D eigenvalue weighted by Crippen LogP contribution is -2.08. The van der Waals surface area contributed by atoms with Crippen molar-refractivity contribution in [2.24, 2.45) is 0 Å². The van der Waals surface area contributed by atoms with E-state index < -0.39 is 0 Å². The lowest BCUT2D eigenvalue weighted by atomic mass is 10.1. The number of hydrogen-bond acceptors (Lipinski definition) is 4. The molecule has 0 saturated carbocycles. The molecular weight excluding hydrogens is 240 g/mol. The number of rotatable bonds is 6. The van der Waals surface area contributed by atoms with Crippen LogP contribution in [0.4, 0.5) is 5.82 Å². The molecule has 5 heteroatoms. The third-order valence-corrected chi connectivity index (χ3v) is 3.13. The maximum absolute atomic E-state index is 5.82. The van der Waals surface area contributed by atoms with Gasteiger partial charge in [0.1, 0.15) is 5.75 Å².